The van der Waals surface area contributed by atoms with Crippen LogP contribution in [0.15, 0.2) is 11.6 Å². The molecule has 0 aromatic rings. The molecular weight excluding hydrogens is 184 g/mol. The fraction of sp³-hybridized carbons (Fsp3) is 0.857. The molecule has 1 N–H and O–H groups in total. The lowest BCUT2D eigenvalue weighted by atomic mass is 9.78. The second-order valence-corrected chi connectivity index (χ2v) is 5.51. The monoisotopic (exact) mass is 208 g/mol. The van der Waals surface area contributed by atoms with Crippen molar-refractivity contribution in [2.75, 3.05) is 0 Å². The van der Waals surface area contributed by atoms with Gasteiger partial charge in [0.2, 0.25) is 0 Å². The van der Waals surface area contributed by atoms with Crippen molar-refractivity contribution >= 4 is 0 Å². The summed E-state index contributed by atoms with van der Waals surface area (Å²) in [7, 11) is 0. The maximum Gasteiger partial charge on any atom is 0.0723 e. The molecule has 15 heavy (non-hydrogen) atoms. The summed E-state index contributed by atoms with van der Waals surface area (Å²) in [5.41, 5.74) is 1.58. The Hall–Kier alpha value is -0.300. The van der Waals surface area contributed by atoms with Gasteiger partial charge in [0, 0.05) is 0 Å². The van der Waals surface area contributed by atoms with E-state index in [9.17, 15) is 5.11 Å². The number of hydrogen-bond acceptors (Lipinski definition) is 1. The lowest BCUT2D eigenvalue weighted by molar-refractivity contribution is 0.210. The topological polar surface area (TPSA) is 20.2 Å². The van der Waals surface area contributed by atoms with E-state index >= 15 is 0 Å². The minimum Gasteiger partial charge on any atom is -0.389 e. The third-order valence-corrected chi connectivity index (χ3v) is 4.16. The Morgan fingerprint density at radius 1 is 1.07 bits per heavy atom. The van der Waals surface area contributed by atoms with E-state index in [0.717, 1.165) is 18.3 Å². The van der Waals surface area contributed by atoms with Crippen molar-refractivity contribution in [1.82, 2.24) is 0 Å². The molecule has 2 aliphatic carbocycles. The van der Waals surface area contributed by atoms with Crippen molar-refractivity contribution in [2.45, 2.75) is 64.4 Å². The van der Waals surface area contributed by atoms with Crippen LogP contribution in [0.4, 0.5) is 0 Å². The highest BCUT2D eigenvalue weighted by molar-refractivity contribution is 5.11. The van der Waals surface area contributed by atoms with Gasteiger partial charge in [-0.25, -0.2) is 0 Å². The van der Waals surface area contributed by atoms with Gasteiger partial charge in [0.15, 0.2) is 0 Å². The lowest BCUT2D eigenvalue weighted by Gasteiger charge is -2.28. The van der Waals surface area contributed by atoms with Crippen LogP contribution in [0, 0.1) is 11.8 Å². The van der Waals surface area contributed by atoms with Crippen molar-refractivity contribution in [1.29, 1.82) is 0 Å². The molecule has 0 aromatic heterocycles. The zero-order chi connectivity index (χ0) is 10.7. The first-order valence-electron chi connectivity index (χ1n) is 6.64. The summed E-state index contributed by atoms with van der Waals surface area (Å²) >= 11 is 0. The molecule has 1 saturated carbocycles. The molecule has 86 valence electrons. The van der Waals surface area contributed by atoms with Crippen LogP contribution in [0.25, 0.3) is 0 Å². The summed E-state index contributed by atoms with van der Waals surface area (Å²) in [4.78, 5) is 0. The molecule has 0 saturated heterocycles. The highest BCUT2D eigenvalue weighted by Crippen LogP contribution is 2.36. The van der Waals surface area contributed by atoms with E-state index in [2.05, 4.69) is 13.0 Å². The Labute approximate surface area is 93.6 Å². The molecule has 0 bridgehead atoms. The van der Waals surface area contributed by atoms with Gasteiger partial charge in [-0.15, -0.1) is 0 Å². The Kier molecular flexibility index (Phi) is 3.85. The fourth-order valence-corrected chi connectivity index (χ4v) is 3.07. The molecular formula is C14H24O. The summed E-state index contributed by atoms with van der Waals surface area (Å²) in [5, 5.41) is 9.77. The Balaban J connectivity index is 1.96. The quantitative estimate of drug-likeness (QED) is 0.652. The second kappa shape index (κ2) is 5.16. The normalized spacial score (nSPS) is 38.3. The predicted octanol–water partition coefficient (Wildman–Crippen LogP) is 3.67. The van der Waals surface area contributed by atoms with E-state index in [-0.39, 0.29) is 6.10 Å². The predicted molar refractivity (Wildman–Crippen MR) is 63.7 cm³/mol. The summed E-state index contributed by atoms with van der Waals surface area (Å²) in [6.45, 7) is 2.37. The van der Waals surface area contributed by atoms with E-state index in [1.165, 1.54) is 44.9 Å². The van der Waals surface area contributed by atoms with E-state index in [1.807, 2.05) is 0 Å². The Morgan fingerprint density at radius 2 is 1.80 bits per heavy atom. The van der Waals surface area contributed by atoms with Crippen LogP contribution in [0.1, 0.15) is 58.3 Å². The van der Waals surface area contributed by atoms with Crippen LogP contribution in [0.5, 0.6) is 0 Å². The molecule has 1 fully saturated rings. The first-order chi connectivity index (χ1) is 7.25. The highest BCUT2D eigenvalue weighted by atomic mass is 16.3. The van der Waals surface area contributed by atoms with Crippen molar-refractivity contribution < 1.29 is 5.11 Å². The number of aliphatic hydroxyl groups is 1. The van der Waals surface area contributed by atoms with Gasteiger partial charge < -0.3 is 5.11 Å². The molecule has 0 radical (unpaired) electrons. The van der Waals surface area contributed by atoms with Gasteiger partial charge in [0.25, 0.3) is 0 Å². The van der Waals surface area contributed by atoms with Gasteiger partial charge in [0.05, 0.1) is 6.10 Å². The van der Waals surface area contributed by atoms with Crippen LogP contribution in [-0.4, -0.2) is 11.2 Å². The van der Waals surface area contributed by atoms with E-state index in [0.29, 0.717) is 0 Å². The van der Waals surface area contributed by atoms with Crippen LogP contribution in [-0.2, 0) is 0 Å². The SMILES string of the molecule is CC1CCC(C2=CC(O)CCCC2)CC1. The molecule has 1 atom stereocenters. The van der Waals surface area contributed by atoms with E-state index < -0.39 is 0 Å². The van der Waals surface area contributed by atoms with E-state index in [4.69, 9.17) is 0 Å². The van der Waals surface area contributed by atoms with Crippen molar-refractivity contribution in [2.24, 2.45) is 11.8 Å². The van der Waals surface area contributed by atoms with E-state index in [1.54, 1.807) is 5.57 Å². The minimum absolute atomic E-state index is 0.151. The zero-order valence-electron chi connectivity index (χ0n) is 9.91. The lowest BCUT2D eigenvalue weighted by Crippen LogP contribution is -2.15. The van der Waals surface area contributed by atoms with Gasteiger partial charge in [-0.1, -0.05) is 37.8 Å². The average Bonchev–Trinajstić information content (AvgIpc) is 2.44. The smallest absolute Gasteiger partial charge is 0.0723 e. The fourth-order valence-electron chi connectivity index (χ4n) is 3.07. The van der Waals surface area contributed by atoms with Gasteiger partial charge in [0.1, 0.15) is 0 Å². The molecule has 0 amide bonds. The van der Waals surface area contributed by atoms with Gasteiger partial charge in [-0.05, 0) is 43.9 Å². The molecule has 1 nitrogen and oxygen atoms in total. The van der Waals surface area contributed by atoms with Crippen LogP contribution >= 0.6 is 0 Å². The summed E-state index contributed by atoms with van der Waals surface area (Å²) in [6.07, 6.45) is 12.2. The molecule has 2 aliphatic rings. The van der Waals surface area contributed by atoms with Crippen LogP contribution in [0.3, 0.4) is 0 Å². The molecule has 0 heterocycles. The van der Waals surface area contributed by atoms with Gasteiger partial charge in [-0.2, -0.15) is 0 Å². The third-order valence-electron chi connectivity index (χ3n) is 4.16. The third kappa shape index (κ3) is 3.07. The maximum atomic E-state index is 9.77. The van der Waals surface area contributed by atoms with Crippen LogP contribution < -0.4 is 0 Å². The van der Waals surface area contributed by atoms with Gasteiger partial charge >= 0.3 is 0 Å². The Bertz CT molecular complexity index is 223. The number of aliphatic hydroxyl groups excluding tert-OH is 1. The number of allylic oxidation sites excluding steroid dienone is 1. The summed E-state index contributed by atoms with van der Waals surface area (Å²) < 4.78 is 0. The number of rotatable bonds is 1. The summed E-state index contributed by atoms with van der Waals surface area (Å²) in [6, 6.07) is 0. The largest absolute Gasteiger partial charge is 0.389 e. The maximum absolute atomic E-state index is 9.77. The van der Waals surface area contributed by atoms with Crippen molar-refractivity contribution in [3.8, 4) is 0 Å². The van der Waals surface area contributed by atoms with Crippen molar-refractivity contribution in [3.05, 3.63) is 11.6 Å². The van der Waals surface area contributed by atoms with Crippen LogP contribution in [0.2, 0.25) is 0 Å². The molecule has 0 spiro atoms. The molecule has 1 unspecified atom stereocenters. The summed E-state index contributed by atoms with van der Waals surface area (Å²) in [5.74, 6) is 1.73. The molecule has 0 aromatic carbocycles. The second-order valence-electron chi connectivity index (χ2n) is 5.51. The highest BCUT2D eigenvalue weighted by Gasteiger charge is 2.22. The first kappa shape index (κ1) is 11.2. The minimum atomic E-state index is -0.151. The standard InChI is InChI=1S/C14H24O/c1-11-6-8-12(9-7-11)13-4-2-3-5-14(15)10-13/h10-12,14-15H,2-9H2,1H3. The molecule has 2 rings (SSSR count). The van der Waals surface area contributed by atoms with Crippen molar-refractivity contribution in [3.63, 3.8) is 0 Å². The Morgan fingerprint density at radius 3 is 2.53 bits per heavy atom. The average molecular weight is 208 g/mol. The molecule has 1 heteroatoms. The number of hydrogen-bond donors (Lipinski definition) is 1. The molecule has 0 aliphatic heterocycles. The zero-order valence-corrected chi connectivity index (χ0v) is 9.91. The first-order valence-corrected chi connectivity index (χ1v) is 6.64. The van der Waals surface area contributed by atoms with Gasteiger partial charge in [-0.3, -0.25) is 0 Å².